The summed E-state index contributed by atoms with van der Waals surface area (Å²) in [5, 5.41) is 28.8. The average molecular weight is 249 g/mol. The van der Waals surface area contributed by atoms with Crippen LogP contribution in [-0.2, 0) is 9.09 Å². The van der Waals surface area contributed by atoms with Crippen molar-refractivity contribution in [2.24, 2.45) is 0 Å². The first-order valence-corrected chi connectivity index (χ1v) is 5.23. The van der Waals surface area contributed by atoms with Gasteiger partial charge in [0, 0.05) is 11.6 Å². The molecule has 0 aromatic heterocycles. The highest BCUT2D eigenvalue weighted by atomic mass is 31.1. The van der Waals surface area contributed by atoms with Gasteiger partial charge in [-0.1, -0.05) is 0 Å². The lowest BCUT2D eigenvalue weighted by Crippen LogP contribution is -1.99. The second-order valence-electron chi connectivity index (χ2n) is 2.74. The number of nitro groups is 1. The smallest absolute Gasteiger partial charge is 0.319 e. The summed E-state index contributed by atoms with van der Waals surface area (Å²) in [6, 6.07) is 2.97. The van der Waals surface area contributed by atoms with Crippen LogP contribution in [-0.4, -0.2) is 20.0 Å². The van der Waals surface area contributed by atoms with Gasteiger partial charge in [0.25, 0.3) is 0 Å². The van der Waals surface area contributed by atoms with E-state index in [-0.39, 0.29) is 5.56 Å². The molecule has 1 rings (SSSR count). The highest BCUT2D eigenvalue weighted by Gasteiger charge is 2.18. The minimum Gasteiger partial charge on any atom is -0.502 e. The third kappa shape index (κ3) is 3.01. The topological polar surface area (TPSA) is 130 Å². The number of rotatable bonds is 4. The fourth-order valence-corrected chi connectivity index (χ4v) is 1.33. The van der Waals surface area contributed by atoms with Crippen molar-refractivity contribution in [2.45, 2.75) is 6.29 Å². The van der Waals surface area contributed by atoms with E-state index in [1.165, 1.54) is 0 Å². The maximum Gasteiger partial charge on any atom is 0.319 e. The molecule has 16 heavy (non-hydrogen) atoms. The van der Waals surface area contributed by atoms with E-state index in [0.717, 1.165) is 18.2 Å². The lowest BCUT2D eigenvalue weighted by atomic mass is 10.2. The molecule has 0 saturated carbocycles. The summed E-state index contributed by atoms with van der Waals surface area (Å²) in [4.78, 5) is 18.0. The first kappa shape index (κ1) is 12.6. The van der Waals surface area contributed by atoms with Gasteiger partial charge in [0.05, 0.1) is 4.92 Å². The molecule has 0 aliphatic rings. The Kier molecular flexibility index (Phi) is 3.97. The van der Waals surface area contributed by atoms with Gasteiger partial charge in [-0.05, 0) is 12.1 Å². The van der Waals surface area contributed by atoms with Gasteiger partial charge in [-0.3, -0.25) is 19.2 Å². The second kappa shape index (κ2) is 5.04. The molecule has 0 amide bonds. The quantitative estimate of drug-likeness (QED) is 0.309. The van der Waals surface area contributed by atoms with Crippen molar-refractivity contribution in [2.75, 3.05) is 0 Å². The summed E-state index contributed by atoms with van der Waals surface area (Å²) in [7, 11) is -3.36. The van der Waals surface area contributed by atoms with E-state index in [9.17, 15) is 19.8 Å². The zero-order valence-electron chi connectivity index (χ0n) is 7.73. The summed E-state index contributed by atoms with van der Waals surface area (Å²) in [6.45, 7) is 0. The molecule has 3 N–H and O–H groups in total. The van der Waals surface area contributed by atoms with Crippen LogP contribution in [0.25, 0.3) is 0 Å². The summed E-state index contributed by atoms with van der Waals surface area (Å²) in [5.41, 5.74) is -0.727. The Labute approximate surface area is 89.8 Å². The number of hydrogen-bond donors (Lipinski definition) is 3. The molecule has 9 heteroatoms. The SMILES string of the molecule is O=[N+]([O-])c1cc(C(O)O[PH](=O)O)ccc1O. The van der Waals surface area contributed by atoms with E-state index < -0.39 is 30.9 Å². The van der Waals surface area contributed by atoms with Gasteiger partial charge in [0.2, 0.25) is 0 Å². The second-order valence-corrected chi connectivity index (χ2v) is 3.51. The largest absolute Gasteiger partial charge is 0.502 e. The number of phenols is 1. The van der Waals surface area contributed by atoms with E-state index in [1.807, 2.05) is 0 Å². The number of aliphatic hydroxyl groups is 1. The zero-order valence-corrected chi connectivity index (χ0v) is 8.73. The van der Waals surface area contributed by atoms with Gasteiger partial charge >= 0.3 is 13.9 Å². The molecular formula is C7H8NO7P. The third-order valence-corrected chi connectivity index (χ3v) is 2.12. The maximum atomic E-state index is 10.4. The van der Waals surface area contributed by atoms with Crippen molar-refractivity contribution >= 4 is 13.9 Å². The molecule has 88 valence electrons. The molecule has 0 radical (unpaired) electrons. The molecule has 0 spiro atoms. The molecule has 0 bridgehead atoms. The van der Waals surface area contributed by atoms with Crippen LogP contribution < -0.4 is 0 Å². The van der Waals surface area contributed by atoms with Crippen molar-refractivity contribution in [3.05, 3.63) is 33.9 Å². The third-order valence-electron chi connectivity index (χ3n) is 1.69. The number of aliphatic hydroxyl groups excluding tert-OH is 1. The zero-order chi connectivity index (χ0) is 12.3. The lowest BCUT2D eigenvalue weighted by molar-refractivity contribution is -0.386. The van der Waals surface area contributed by atoms with Gasteiger partial charge in [-0.25, -0.2) is 0 Å². The molecule has 2 atom stereocenters. The molecule has 1 aromatic rings. The normalized spacial score (nSPS) is 14.4. The van der Waals surface area contributed by atoms with Crippen LogP contribution in [0.3, 0.4) is 0 Å². The van der Waals surface area contributed by atoms with E-state index in [1.54, 1.807) is 0 Å². The molecular weight excluding hydrogens is 241 g/mol. The number of hydrogen-bond acceptors (Lipinski definition) is 6. The van der Waals surface area contributed by atoms with Crippen LogP contribution in [0, 0.1) is 10.1 Å². The molecule has 0 saturated heterocycles. The number of phenolic OH excluding ortho intramolecular Hbond substituents is 1. The first-order chi connectivity index (χ1) is 7.41. The Balaban J connectivity index is 3.02. The molecule has 8 nitrogen and oxygen atoms in total. The predicted molar refractivity (Wildman–Crippen MR) is 52.0 cm³/mol. The van der Waals surface area contributed by atoms with Crippen molar-refractivity contribution in [3.63, 3.8) is 0 Å². The molecule has 1 aromatic carbocycles. The van der Waals surface area contributed by atoms with Crippen LogP contribution in [0.1, 0.15) is 11.9 Å². The minimum absolute atomic E-state index is 0.100. The predicted octanol–water partition coefficient (Wildman–Crippen LogP) is 0.690. The van der Waals surface area contributed by atoms with Crippen molar-refractivity contribution in [3.8, 4) is 5.75 Å². The Morgan fingerprint density at radius 1 is 1.50 bits per heavy atom. The van der Waals surface area contributed by atoms with Crippen LogP contribution in [0.4, 0.5) is 5.69 Å². The summed E-state index contributed by atoms with van der Waals surface area (Å²) >= 11 is 0. The van der Waals surface area contributed by atoms with Gasteiger partial charge in [-0.2, -0.15) is 0 Å². The van der Waals surface area contributed by atoms with Crippen molar-refractivity contribution < 1.29 is 29.1 Å². The fraction of sp³-hybridized carbons (Fsp3) is 0.143. The first-order valence-electron chi connectivity index (χ1n) is 3.96. The highest BCUT2D eigenvalue weighted by Crippen LogP contribution is 2.32. The van der Waals surface area contributed by atoms with Crippen LogP contribution in [0.15, 0.2) is 18.2 Å². The van der Waals surface area contributed by atoms with Gasteiger partial charge < -0.3 is 15.1 Å². The summed E-state index contributed by atoms with van der Waals surface area (Å²) in [5.74, 6) is -0.572. The molecule has 0 aliphatic carbocycles. The minimum atomic E-state index is -3.36. The van der Waals surface area contributed by atoms with Gasteiger partial charge in [0.15, 0.2) is 12.0 Å². The van der Waals surface area contributed by atoms with E-state index >= 15 is 0 Å². The van der Waals surface area contributed by atoms with Crippen LogP contribution >= 0.6 is 8.25 Å². The van der Waals surface area contributed by atoms with Crippen molar-refractivity contribution in [1.82, 2.24) is 0 Å². The standard InChI is InChI=1S/C7H8NO7P/c9-6-2-1-4(3-5(6)8(11)12)7(10)15-16(13)14/h1-3,7,9-10,16H,(H,13,14). The number of nitrogens with zero attached hydrogens (tertiary/aromatic N) is 1. The Bertz CT molecular complexity index is 435. The van der Waals surface area contributed by atoms with E-state index in [2.05, 4.69) is 4.52 Å². The molecule has 2 unspecified atom stereocenters. The van der Waals surface area contributed by atoms with Gasteiger partial charge in [0.1, 0.15) is 0 Å². The fourth-order valence-electron chi connectivity index (χ4n) is 1.00. The number of aromatic hydroxyl groups is 1. The average Bonchev–Trinajstić information content (AvgIpc) is 2.16. The van der Waals surface area contributed by atoms with E-state index in [4.69, 9.17) is 10.00 Å². The van der Waals surface area contributed by atoms with Crippen LogP contribution in [0.2, 0.25) is 0 Å². The van der Waals surface area contributed by atoms with E-state index in [0.29, 0.717) is 0 Å². The molecule has 0 aliphatic heterocycles. The van der Waals surface area contributed by atoms with Gasteiger partial charge in [-0.15, -0.1) is 0 Å². The van der Waals surface area contributed by atoms with Crippen LogP contribution in [0.5, 0.6) is 5.75 Å². The van der Waals surface area contributed by atoms with Crippen molar-refractivity contribution in [1.29, 1.82) is 0 Å². The number of nitro benzene ring substituents is 1. The Morgan fingerprint density at radius 3 is 2.62 bits per heavy atom. The monoisotopic (exact) mass is 249 g/mol. The highest BCUT2D eigenvalue weighted by molar-refractivity contribution is 7.32. The molecule has 0 fully saturated rings. The maximum absolute atomic E-state index is 10.4. The summed E-state index contributed by atoms with van der Waals surface area (Å²) < 4.78 is 14.5. The lowest BCUT2D eigenvalue weighted by Gasteiger charge is -2.09. The Hall–Kier alpha value is -1.47. The Morgan fingerprint density at radius 2 is 2.12 bits per heavy atom. The molecule has 0 heterocycles. The summed E-state index contributed by atoms with van der Waals surface area (Å²) in [6.07, 6.45) is -1.75. The number of benzene rings is 1.